The molecule has 0 aromatic heterocycles. The zero-order chi connectivity index (χ0) is 24.6. The predicted octanol–water partition coefficient (Wildman–Crippen LogP) is 5.08. The van der Waals surface area contributed by atoms with Crippen LogP contribution in [0.3, 0.4) is 0 Å². The van der Waals surface area contributed by atoms with Crippen molar-refractivity contribution in [1.82, 2.24) is 9.80 Å². The Hall–Kier alpha value is -3.64. The number of hydrogen-bond donors (Lipinski definition) is 0. The van der Waals surface area contributed by atoms with Crippen molar-refractivity contribution in [1.29, 1.82) is 0 Å². The number of aryl methyl sites for hydroxylation is 1. The van der Waals surface area contributed by atoms with E-state index < -0.39 is 0 Å². The summed E-state index contributed by atoms with van der Waals surface area (Å²) < 4.78 is 24.9. The van der Waals surface area contributed by atoms with E-state index in [4.69, 9.17) is 9.47 Å². The van der Waals surface area contributed by atoms with Crippen LogP contribution in [0, 0.1) is 12.7 Å². The monoisotopic (exact) mass is 474 g/mol. The summed E-state index contributed by atoms with van der Waals surface area (Å²) in [6.07, 6.45) is 3.45. The number of amides is 1. The second-order valence-corrected chi connectivity index (χ2v) is 8.74. The molecule has 182 valence electrons. The summed E-state index contributed by atoms with van der Waals surface area (Å²) in [6, 6.07) is 20.4. The summed E-state index contributed by atoms with van der Waals surface area (Å²) in [5.74, 6) is 1.32. The van der Waals surface area contributed by atoms with Crippen molar-refractivity contribution >= 4 is 12.0 Å². The number of carbonyl (C=O) groups is 1. The number of halogens is 1. The third kappa shape index (κ3) is 6.93. The van der Waals surface area contributed by atoms with Gasteiger partial charge in [-0.3, -0.25) is 9.69 Å². The van der Waals surface area contributed by atoms with Crippen molar-refractivity contribution in [2.45, 2.75) is 20.1 Å². The van der Waals surface area contributed by atoms with Crippen LogP contribution < -0.4 is 9.47 Å². The molecule has 1 aliphatic rings. The third-order valence-electron chi connectivity index (χ3n) is 6.09. The molecule has 0 radical (unpaired) electrons. The summed E-state index contributed by atoms with van der Waals surface area (Å²) in [5, 5.41) is 0. The largest absolute Gasteiger partial charge is 0.496 e. The second-order valence-electron chi connectivity index (χ2n) is 8.74. The molecule has 3 aromatic rings. The van der Waals surface area contributed by atoms with E-state index in [0.717, 1.165) is 46.8 Å². The molecular formula is C29H31FN2O3. The van der Waals surface area contributed by atoms with Crippen molar-refractivity contribution in [2.24, 2.45) is 0 Å². The summed E-state index contributed by atoms with van der Waals surface area (Å²) in [5.41, 5.74) is 3.91. The molecule has 0 spiro atoms. The first-order valence-electron chi connectivity index (χ1n) is 11.8. The lowest BCUT2D eigenvalue weighted by molar-refractivity contribution is -0.127. The quantitative estimate of drug-likeness (QED) is 0.427. The fraction of sp³-hybridized carbons (Fsp3) is 0.276. The normalized spacial score (nSPS) is 14.3. The number of hydrogen-bond acceptors (Lipinski definition) is 4. The maximum atomic E-state index is 13.4. The molecule has 1 heterocycles. The Kier molecular flexibility index (Phi) is 8.16. The molecule has 3 aromatic carbocycles. The van der Waals surface area contributed by atoms with E-state index in [9.17, 15) is 9.18 Å². The Labute approximate surface area is 206 Å². The first-order chi connectivity index (χ1) is 17.0. The minimum absolute atomic E-state index is 0.0104. The van der Waals surface area contributed by atoms with Crippen molar-refractivity contribution in [3.05, 3.63) is 101 Å². The van der Waals surface area contributed by atoms with Gasteiger partial charge in [0.1, 0.15) is 23.9 Å². The molecule has 0 unspecified atom stereocenters. The van der Waals surface area contributed by atoms with Gasteiger partial charge in [0.2, 0.25) is 5.91 Å². The SMILES string of the molecule is COc1ccc(/C=C/C(=O)N2CCN(Cc3cccc(F)c3)CC2)cc1COc1cccc(C)c1. The van der Waals surface area contributed by atoms with E-state index in [1.54, 1.807) is 25.3 Å². The van der Waals surface area contributed by atoms with Crippen LogP contribution >= 0.6 is 0 Å². The summed E-state index contributed by atoms with van der Waals surface area (Å²) in [7, 11) is 1.64. The number of benzene rings is 3. The molecule has 5 nitrogen and oxygen atoms in total. The molecule has 1 amide bonds. The van der Waals surface area contributed by atoms with Gasteiger partial charge in [0.15, 0.2) is 0 Å². The lowest BCUT2D eigenvalue weighted by Gasteiger charge is -2.34. The number of rotatable bonds is 8. The Morgan fingerprint density at radius 2 is 1.80 bits per heavy atom. The zero-order valence-corrected chi connectivity index (χ0v) is 20.2. The molecular weight excluding hydrogens is 443 g/mol. The van der Waals surface area contributed by atoms with Crippen molar-refractivity contribution < 1.29 is 18.7 Å². The van der Waals surface area contributed by atoms with Crippen LogP contribution in [0.1, 0.15) is 22.3 Å². The maximum Gasteiger partial charge on any atom is 0.246 e. The smallest absolute Gasteiger partial charge is 0.246 e. The number of methoxy groups -OCH3 is 1. The Balaban J connectivity index is 1.32. The van der Waals surface area contributed by atoms with E-state index in [0.29, 0.717) is 26.2 Å². The van der Waals surface area contributed by atoms with E-state index in [2.05, 4.69) is 4.90 Å². The Bertz CT molecular complexity index is 1190. The van der Waals surface area contributed by atoms with E-state index in [1.165, 1.54) is 6.07 Å². The van der Waals surface area contributed by atoms with Crippen molar-refractivity contribution in [3.8, 4) is 11.5 Å². The van der Waals surface area contributed by atoms with Gasteiger partial charge in [-0.1, -0.05) is 30.3 Å². The number of ether oxygens (including phenoxy) is 2. The van der Waals surface area contributed by atoms with Crippen LogP contribution in [-0.2, 0) is 17.9 Å². The van der Waals surface area contributed by atoms with E-state index >= 15 is 0 Å². The molecule has 0 atom stereocenters. The Morgan fingerprint density at radius 3 is 2.54 bits per heavy atom. The van der Waals surface area contributed by atoms with Crippen molar-refractivity contribution in [3.63, 3.8) is 0 Å². The fourth-order valence-corrected chi connectivity index (χ4v) is 4.17. The van der Waals surface area contributed by atoms with Crippen LogP contribution in [0.4, 0.5) is 4.39 Å². The highest BCUT2D eigenvalue weighted by Gasteiger charge is 2.19. The number of carbonyl (C=O) groups excluding carboxylic acids is 1. The molecule has 6 heteroatoms. The topological polar surface area (TPSA) is 42.0 Å². The Morgan fingerprint density at radius 1 is 1.00 bits per heavy atom. The highest BCUT2D eigenvalue weighted by Crippen LogP contribution is 2.23. The lowest BCUT2D eigenvalue weighted by Crippen LogP contribution is -2.47. The summed E-state index contributed by atoms with van der Waals surface area (Å²) >= 11 is 0. The van der Waals surface area contributed by atoms with E-state index in [1.807, 2.05) is 66.4 Å². The molecule has 1 fully saturated rings. The molecule has 0 N–H and O–H groups in total. The lowest BCUT2D eigenvalue weighted by atomic mass is 10.1. The third-order valence-corrected chi connectivity index (χ3v) is 6.09. The first-order valence-corrected chi connectivity index (χ1v) is 11.8. The van der Waals surface area contributed by atoms with Crippen LogP contribution in [0.2, 0.25) is 0 Å². The predicted molar refractivity (Wildman–Crippen MR) is 136 cm³/mol. The summed E-state index contributed by atoms with van der Waals surface area (Å²) in [4.78, 5) is 16.8. The average Bonchev–Trinajstić information content (AvgIpc) is 2.86. The minimum atomic E-state index is -0.218. The van der Waals surface area contributed by atoms with Gasteiger partial charge < -0.3 is 14.4 Å². The molecule has 0 bridgehead atoms. The standard InChI is InChI=1S/C29H31FN2O3/c1-22-5-3-8-27(17-22)35-21-25-18-23(9-11-28(25)34-2)10-12-29(33)32-15-13-31(14-16-32)20-24-6-4-7-26(30)19-24/h3-12,17-19H,13-16,20-21H2,1-2H3/b12-10+. The van der Waals surface area contributed by atoms with Crippen LogP contribution in [-0.4, -0.2) is 49.0 Å². The molecule has 1 saturated heterocycles. The van der Waals surface area contributed by atoms with Gasteiger partial charge in [0.05, 0.1) is 7.11 Å². The van der Waals surface area contributed by atoms with E-state index in [-0.39, 0.29) is 11.7 Å². The molecule has 1 aliphatic heterocycles. The average molecular weight is 475 g/mol. The highest BCUT2D eigenvalue weighted by molar-refractivity contribution is 5.91. The molecule has 0 aliphatic carbocycles. The zero-order valence-electron chi connectivity index (χ0n) is 20.2. The van der Waals surface area contributed by atoms with Gasteiger partial charge in [-0.2, -0.15) is 0 Å². The minimum Gasteiger partial charge on any atom is -0.496 e. The van der Waals surface area contributed by atoms with Gasteiger partial charge >= 0.3 is 0 Å². The number of piperazine rings is 1. The number of nitrogens with zero attached hydrogens (tertiary/aromatic N) is 2. The molecule has 0 saturated carbocycles. The molecule has 35 heavy (non-hydrogen) atoms. The van der Waals surface area contributed by atoms with Gasteiger partial charge in [-0.15, -0.1) is 0 Å². The molecule has 4 rings (SSSR count). The second kappa shape index (κ2) is 11.7. The van der Waals surface area contributed by atoms with Crippen LogP contribution in [0.25, 0.3) is 6.08 Å². The van der Waals surface area contributed by atoms with Crippen molar-refractivity contribution in [2.75, 3.05) is 33.3 Å². The van der Waals surface area contributed by atoms with Gasteiger partial charge in [-0.05, 0) is 66.1 Å². The first kappa shape index (κ1) is 24.5. The van der Waals surface area contributed by atoms with Crippen LogP contribution in [0.15, 0.2) is 72.8 Å². The summed E-state index contributed by atoms with van der Waals surface area (Å²) in [6.45, 7) is 5.91. The van der Waals surface area contributed by atoms with Gasteiger partial charge in [0, 0.05) is 44.4 Å². The van der Waals surface area contributed by atoms with Gasteiger partial charge in [-0.25, -0.2) is 4.39 Å². The van der Waals surface area contributed by atoms with Gasteiger partial charge in [0.25, 0.3) is 0 Å². The van der Waals surface area contributed by atoms with Crippen LogP contribution in [0.5, 0.6) is 11.5 Å². The maximum absolute atomic E-state index is 13.4. The highest BCUT2D eigenvalue weighted by atomic mass is 19.1. The fourth-order valence-electron chi connectivity index (χ4n) is 4.17.